The Morgan fingerprint density at radius 2 is 1.55 bits per heavy atom. The van der Waals surface area contributed by atoms with Crippen molar-refractivity contribution < 1.29 is 18.3 Å². The van der Waals surface area contributed by atoms with Crippen molar-refractivity contribution in [1.82, 2.24) is 0 Å². The zero-order valence-electron chi connectivity index (χ0n) is 6.66. The summed E-state index contributed by atoms with van der Waals surface area (Å²) in [6.07, 6.45) is -6.85. The maximum Gasteiger partial charge on any atom is 0.418 e. The molecule has 0 aromatic rings. The number of rotatable bonds is 1. The van der Waals surface area contributed by atoms with Crippen LogP contribution in [0, 0.1) is 0 Å². The van der Waals surface area contributed by atoms with E-state index in [-0.39, 0.29) is 5.57 Å². The molecule has 0 aliphatic heterocycles. The predicted molar refractivity (Wildman–Crippen MR) is 36.1 cm³/mol. The molecular formula is C7H11F3O. The largest absolute Gasteiger partial charge is 0.418 e. The summed E-state index contributed by atoms with van der Waals surface area (Å²) in [7, 11) is 0. The third-order valence-electron chi connectivity index (χ3n) is 1.51. The van der Waals surface area contributed by atoms with Crippen LogP contribution in [-0.4, -0.2) is 17.4 Å². The topological polar surface area (TPSA) is 20.2 Å². The van der Waals surface area contributed by atoms with E-state index in [1.807, 2.05) is 0 Å². The van der Waals surface area contributed by atoms with Crippen LogP contribution in [0.5, 0.6) is 0 Å². The van der Waals surface area contributed by atoms with Gasteiger partial charge in [-0.15, -0.1) is 0 Å². The van der Waals surface area contributed by atoms with E-state index in [9.17, 15) is 13.2 Å². The summed E-state index contributed by atoms with van der Waals surface area (Å²) in [4.78, 5) is 0. The average Bonchev–Trinajstić information content (AvgIpc) is 1.82. The van der Waals surface area contributed by atoms with Crippen molar-refractivity contribution in [1.29, 1.82) is 0 Å². The molecule has 1 nitrogen and oxygen atoms in total. The van der Waals surface area contributed by atoms with Crippen LogP contribution in [0.4, 0.5) is 13.2 Å². The Morgan fingerprint density at radius 1 is 1.18 bits per heavy atom. The number of halogens is 3. The molecule has 0 rings (SSSR count). The normalized spacial score (nSPS) is 14.5. The van der Waals surface area contributed by atoms with Gasteiger partial charge in [0.05, 0.1) is 0 Å². The molecule has 0 radical (unpaired) electrons. The molecule has 0 saturated carbocycles. The fraction of sp³-hybridized carbons (Fsp3) is 0.714. The van der Waals surface area contributed by atoms with Crippen LogP contribution in [0.25, 0.3) is 0 Å². The van der Waals surface area contributed by atoms with Gasteiger partial charge in [0, 0.05) is 0 Å². The Labute approximate surface area is 63.5 Å². The van der Waals surface area contributed by atoms with Gasteiger partial charge in [-0.05, 0) is 26.3 Å². The van der Waals surface area contributed by atoms with Crippen LogP contribution in [0.2, 0.25) is 0 Å². The van der Waals surface area contributed by atoms with E-state index in [1.54, 1.807) is 0 Å². The van der Waals surface area contributed by atoms with Crippen molar-refractivity contribution in [3.8, 4) is 0 Å². The van der Waals surface area contributed by atoms with Gasteiger partial charge in [-0.1, -0.05) is 5.57 Å². The van der Waals surface area contributed by atoms with Crippen LogP contribution in [0.1, 0.15) is 20.8 Å². The molecule has 66 valence electrons. The summed E-state index contributed by atoms with van der Waals surface area (Å²) in [6, 6.07) is 0. The van der Waals surface area contributed by atoms with E-state index in [1.165, 1.54) is 20.8 Å². The number of allylic oxidation sites excluding steroid dienone is 1. The average molecular weight is 168 g/mol. The number of aliphatic hydroxyl groups excluding tert-OH is 1. The van der Waals surface area contributed by atoms with E-state index in [0.717, 1.165) is 0 Å². The van der Waals surface area contributed by atoms with Gasteiger partial charge >= 0.3 is 6.18 Å². The second-order valence-corrected chi connectivity index (χ2v) is 2.63. The highest BCUT2D eigenvalue weighted by molar-refractivity contribution is 5.13. The molecule has 1 atom stereocenters. The third-order valence-corrected chi connectivity index (χ3v) is 1.51. The van der Waals surface area contributed by atoms with Gasteiger partial charge in [0.25, 0.3) is 0 Å². The summed E-state index contributed by atoms with van der Waals surface area (Å²) in [5.74, 6) is 0. The van der Waals surface area contributed by atoms with E-state index >= 15 is 0 Å². The summed E-state index contributed by atoms with van der Waals surface area (Å²) in [5.41, 5.74) is 0.465. The molecule has 1 N–H and O–H groups in total. The zero-order valence-corrected chi connectivity index (χ0v) is 6.66. The van der Waals surface area contributed by atoms with E-state index < -0.39 is 12.3 Å². The maximum absolute atomic E-state index is 11.8. The minimum Gasteiger partial charge on any atom is -0.379 e. The molecule has 4 heteroatoms. The van der Waals surface area contributed by atoms with Crippen LogP contribution in [0.15, 0.2) is 11.1 Å². The lowest BCUT2D eigenvalue weighted by Gasteiger charge is -2.16. The van der Waals surface area contributed by atoms with Gasteiger partial charge in [-0.3, -0.25) is 0 Å². The van der Waals surface area contributed by atoms with Crippen molar-refractivity contribution >= 4 is 0 Å². The molecule has 0 heterocycles. The van der Waals surface area contributed by atoms with Crippen molar-refractivity contribution in [2.45, 2.75) is 33.1 Å². The minimum absolute atomic E-state index is 0.0301. The highest BCUT2D eigenvalue weighted by Crippen LogP contribution is 2.26. The van der Waals surface area contributed by atoms with Gasteiger partial charge < -0.3 is 5.11 Å². The Balaban J connectivity index is 4.52. The minimum atomic E-state index is -4.54. The number of hydrogen-bond donors (Lipinski definition) is 1. The monoisotopic (exact) mass is 168 g/mol. The molecule has 0 aliphatic rings. The first-order valence-corrected chi connectivity index (χ1v) is 3.15. The molecule has 11 heavy (non-hydrogen) atoms. The molecule has 0 aromatic carbocycles. The van der Waals surface area contributed by atoms with Gasteiger partial charge in [0.1, 0.15) is 0 Å². The Bertz CT molecular complexity index is 165. The summed E-state index contributed by atoms with van der Waals surface area (Å²) < 4.78 is 35.3. The van der Waals surface area contributed by atoms with Gasteiger partial charge in [-0.25, -0.2) is 0 Å². The molecule has 0 amide bonds. The van der Waals surface area contributed by atoms with Crippen molar-refractivity contribution in [3.63, 3.8) is 0 Å². The molecule has 1 unspecified atom stereocenters. The quantitative estimate of drug-likeness (QED) is 0.595. The first-order valence-electron chi connectivity index (χ1n) is 3.15. The van der Waals surface area contributed by atoms with Crippen LogP contribution >= 0.6 is 0 Å². The molecule has 0 aromatic heterocycles. The lowest BCUT2D eigenvalue weighted by Crippen LogP contribution is -2.29. The van der Waals surface area contributed by atoms with Gasteiger partial charge in [0.2, 0.25) is 0 Å². The second kappa shape index (κ2) is 3.26. The molecule has 0 bridgehead atoms. The first kappa shape index (κ1) is 10.5. The molecule has 0 spiro atoms. The number of aliphatic hydroxyl groups is 1. The van der Waals surface area contributed by atoms with E-state index in [4.69, 9.17) is 5.11 Å². The second-order valence-electron chi connectivity index (χ2n) is 2.63. The Hall–Kier alpha value is -0.510. The Morgan fingerprint density at radius 3 is 1.64 bits per heavy atom. The lowest BCUT2D eigenvalue weighted by atomic mass is 10.1. The smallest absolute Gasteiger partial charge is 0.379 e. The highest BCUT2D eigenvalue weighted by atomic mass is 19.4. The fourth-order valence-corrected chi connectivity index (χ4v) is 0.519. The number of hydrogen-bond acceptors (Lipinski definition) is 1. The maximum atomic E-state index is 11.8. The number of alkyl halides is 3. The van der Waals surface area contributed by atoms with E-state index in [2.05, 4.69) is 0 Å². The van der Waals surface area contributed by atoms with Gasteiger partial charge in [-0.2, -0.15) is 13.2 Å². The van der Waals surface area contributed by atoms with Crippen molar-refractivity contribution in [3.05, 3.63) is 11.1 Å². The standard InChI is InChI=1S/C7H11F3O/c1-4(2)5(3)6(11)7(8,9)10/h6,11H,1-3H3. The Kier molecular flexibility index (Phi) is 3.11. The van der Waals surface area contributed by atoms with Crippen LogP contribution in [0.3, 0.4) is 0 Å². The van der Waals surface area contributed by atoms with Gasteiger partial charge in [0.15, 0.2) is 6.10 Å². The van der Waals surface area contributed by atoms with E-state index in [0.29, 0.717) is 5.57 Å². The third kappa shape index (κ3) is 2.93. The molecular weight excluding hydrogens is 157 g/mol. The fourth-order valence-electron chi connectivity index (χ4n) is 0.519. The summed E-state index contributed by atoms with van der Waals surface area (Å²) >= 11 is 0. The van der Waals surface area contributed by atoms with Crippen molar-refractivity contribution in [2.24, 2.45) is 0 Å². The predicted octanol–water partition coefficient (Wildman–Crippen LogP) is 2.27. The van der Waals surface area contributed by atoms with Crippen LogP contribution in [-0.2, 0) is 0 Å². The first-order chi connectivity index (χ1) is 4.76. The molecule has 0 aliphatic carbocycles. The van der Waals surface area contributed by atoms with Crippen molar-refractivity contribution in [2.75, 3.05) is 0 Å². The molecule has 0 fully saturated rings. The van der Waals surface area contributed by atoms with Crippen LogP contribution < -0.4 is 0 Å². The molecule has 0 saturated heterocycles. The zero-order chi connectivity index (χ0) is 9.23. The lowest BCUT2D eigenvalue weighted by molar-refractivity contribution is -0.191. The highest BCUT2D eigenvalue weighted by Gasteiger charge is 2.39. The summed E-state index contributed by atoms with van der Waals surface area (Å²) in [6.45, 7) is 4.34. The summed E-state index contributed by atoms with van der Waals surface area (Å²) in [5, 5.41) is 8.64. The SMILES string of the molecule is CC(C)=C(C)C(O)C(F)(F)F.